The van der Waals surface area contributed by atoms with Crippen LogP contribution in [-0.2, 0) is 4.79 Å². The van der Waals surface area contributed by atoms with E-state index in [1.165, 1.54) is 0 Å². The molecule has 3 unspecified atom stereocenters. The zero-order chi connectivity index (χ0) is 15.9. The molecule has 0 spiro atoms. The Balaban J connectivity index is 1.75. The molecule has 22 heavy (non-hydrogen) atoms. The van der Waals surface area contributed by atoms with Gasteiger partial charge >= 0.3 is 0 Å². The minimum atomic E-state index is -0.255. The number of carbonyl (C=O) groups excluding carboxylic acids is 1. The fraction of sp³-hybridized carbons (Fsp3) is 0.562. The van der Waals surface area contributed by atoms with E-state index in [1.54, 1.807) is 23.1 Å². The number of piperidine rings is 1. The molecule has 0 radical (unpaired) electrons. The Bertz CT molecular complexity index is 581. The van der Waals surface area contributed by atoms with Crippen LogP contribution < -0.4 is 4.90 Å². The van der Waals surface area contributed by atoms with E-state index in [1.807, 2.05) is 6.92 Å². The van der Waals surface area contributed by atoms with Crippen molar-refractivity contribution < 1.29 is 9.90 Å². The van der Waals surface area contributed by atoms with Gasteiger partial charge in [-0.1, -0.05) is 30.1 Å². The predicted octanol–water partition coefficient (Wildman–Crippen LogP) is 2.80. The number of aliphatic hydroxyl groups excluding tert-OH is 1. The van der Waals surface area contributed by atoms with E-state index in [9.17, 15) is 9.90 Å². The van der Waals surface area contributed by atoms with E-state index in [2.05, 4.69) is 4.90 Å². The summed E-state index contributed by atoms with van der Waals surface area (Å²) in [5, 5.41) is 10.9. The first-order valence-corrected chi connectivity index (χ1v) is 8.41. The molecule has 2 aliphatic rings. The fourth-order valence-electron chi connectivity index (χ4n) is 3.39. The van der Waals surface area contributed by atoms with Crippen LogP contribution >= 0.6 is 23.2 Å². The average Bonchev–Trinajstić information content (AvgIpc) is 2.84. The SMILES string of the molecule is CC1CN(C2CCN(c3ccc(Cl)cc3Cl)C2=O)CCC1O. The van der Waals surface area contributed by atoms with Crippen LogP contribution in [0.1, 0.15) is 19.8 Å². The van der Waals surface area contributed by atoms with Crippen molar-refractivity contribution in [3.8, 4) is 0 Å². The summed E-state index contributed by atoms with van der Waals surface area (Å²) in [7, 11) is 0. The summed E-state index contributed by atoms with van der Waals surface area (Å²) in [5.74, 6) is 0.294. The predicted molar refractivity (Wildman–Crippen MR) is 88.6 cm³/mol. The Morgan fingerprint density at radius 1 is 1.23 bits per heavy atom. The summed E-state index contributed by atoms with van der Waals surface area (Å²) < 4.78 is 0. The van der Waals surface area contributed by atoms with Crippen LogP contribution in [0.25, 0.3) is 0 Å². The van der Waals surface area contributed by atoms with Crippen LogP contribution in [0.2, 0.25) is 10.0 Å². The first kappa shape index (κ1) is 16.1. The monoisotopic (exact) mass is 342 g/mol. The average molecular weight is 343 g/mol. The van der Waals surface area contributed by atoms with Gasteiger partial charge in [-0.15, -0.1) is 0 Å². The zero-order valence-electron chi connectivity index (χ0n) is 12.5. The van der Waals surface area contributed by atoms with Crippen LogP contribution in [0.15, 0.2) is 18.2 Å². The number of nitrogens with zero attached hydrogens (tertiary/aromatic N) is 2. The first-order valence-electron chi connectivity index (χ1n) is 7.66. The molecule has 0 bridgehead atoms. The Hall–Kier alpha value is -0.810. The van der Waals surface area contributed by atoms with Gasteiger partial charge in [0.25, 0.3) is 0 Å². The lowest BCUT2D eigenvalue weighted by atomic mass is 9.95. The van der Waals surface area contributed by atoms with Gasteiger partial charge in [0, 0.05) is 24.7 Å². The number of hydrogen-bond donors (Lipinski definition) is 1. The van der Waals surface area contributed by atoms with Gasteiger partial charge in [-0.3, -0.25) is 9.69 Å². The number of aliphatic hydroxyl groups is 1. The maximum atomic E-state index is 12.8. The number of amides is 1. The zero-order valence-corrected chi connectivity index (χ0v) is 14.0. The first-order chi connectivity index (χ1) is 10.5. The number of anilines is 1. The highest BCUT2D eigenvalue weighted by atomic mass is 35.5. The maximum absolute atomic E-state index is 12.8. The largest absolute Gasteiger partial charge is 0.393 e. The molecule has 2 heterocycles. The third kappa shape index (κ3) is 2.98. The van der Waals surface area contributed by atoms with Gasteiger partial charge in [0.15, 0.2) is 0 Å². The highest BCUT2D eigenvalue weighted by Crippen LogP contribution is 2.33. The lowest BCUT2D eigenvalue weighted by Gasteiger charge is -2.37. The van der Waals surface area contributed by atoms with Crippen LogP contribution in [0.3, 0.4) is 0 Å². The summed E-state index contributed by atoms with van der Waals surface area (Å²) in [5.41, 5.74) is 0.726. The molecule has 2 saturated heterocycles. The van der Waals surface area contributed by atoms with Crippen molar-refractivity contribution in [3.05, 3.63) is 28.2 Å². The number of carbonyl (C=O) groups is 1. The van der Waals surface area contributed by atoms with Gasteiger partial charge in [0.05, 0.1) is 22.9 Å². The topological polar surface area (TPSA) is 43.8 Å². The van der Waals surface area contributed by atoms with Crippen LogP contribution in [0.5, 0.6) is 0 Å². The second-order valence-corrected chi connectivity index (χ2v) is 7.06. The molecule has 3 atom stereocenters. The van der Waals surface area contributed by atoms with Gasteiger partial charge in [0.2, 0.25) is 5.91 Å². The van der Waals surface area contributed by atoms with E-state index in [0.717, 1.165) is 31.6 Å². The number of likely N-dealkylation sites (tertiary alicyclic amines) is 1. The molecule has 0 saturated carbocycles. The number of benzene rings is 1. The van der Waals surface area contributed by atoms with Gasteiger partial charge in [-0.2, -0.15) is 0 Å². The van der Waals surface area contributed by atoms with E-state index < -0.39 is 0 Å². The summed E-state index contributed by atoms with van der Waals surface area (Å²) in [6.07, 6.45) is 1.27. The maximum Gasteiger partial charge on any atom is 0.244 e. The van der Waals surface area contributed by atoms with Crippen LogP contribution in [0.4, 0.5) is 5.69 Å². The highest BCUT2D eigenvalue weighted by molar-refractivity contribution is 6.36. The summed E-state index contributed by atoms with van der Waals surface area (Å²) in [6.45, 7) is 4.23. The van der Waals surface area contributed by atoms with Crippen molar-refractivity contribution in [3.63, 3.8) is 0 Å². The molecule has 1 N–H and O–H groups in total. The Kier molecular flexibility index (Phi) is 4.64. The van der Waals surface area contributed by atoms with Crippen molar-refractivity contribution in [1.82, 2.24) is 4.90 Å². The lowest BCUT2D eigenvalue weighted by molar-refractivity contribution is -0.123. The van der Waals surface area contributed by atoms with E-state index in [-0.39, 0.29) is 24.0 Å². The second-order valence-electron chi connectivity index (χ2n) is 6.22. The minimum absolute atomic E-state index is 0.0906. The summed E-state index contributed by atoms with van der Waals surface area (Å²) in [6, 6.07) is 5.11. The molecule has 1 aromatic rings. The van der Waals surface area contributed by atoms with Gasteiger partial charge < -0.3 is 10.0 Å². The van der Waals surface area contributed by atoms with Crippen molar-refractivity contribution >= 4 is 34.8 Å². The highest BCUT2D eigenvalue weighted by Gasteiger charge is 2.39. The van der Waals surface area contributed by atoms with Crippen molar-refractivity contribution in [2.75, 3.05) is 24.5 Å². The van der Waals surface area contributed by atoms with E-state index in [0.29, 0.717) is 16.6 Å². The standard InChI is InChI=1S/C16H20Cl2N2O2/c1-10-9-19(6-5-15(10)21)14-4-7-20(16(14)22)13-3-2-11(17)8-12(13)18/h2-3,8,10,14-15,21H,4-7,9H2,1H3. The molecule has 0 aliphatic carbocycles. The number of halogens is 2. The summed E-state index contributed by atoms with van der Waals surface area (Å²) >= 11 is 12.1. The molecule has 1 amide bonds. The molecule has 4 nitrogen and oxygen atoms in total. The van der Waals surface area contributed by atoms with Crippen molar-refractivity contribution in [1.29, 1.82) is 0 Å². The smallest absolute Gasteiger partial charge is 0.244 e. The Morgan fingerprint density at radius 2 is 2.00 bits per heavy atom. The molecule has 0 aromatic heterocycles. The molecular weight excluding hydrogens is 323 g/mol. The quantitative estimate of drug-likeness (QED) is 0.898. The third-order valence-electron chi connectivity index (χ3n) is 4.71. The van der Waals surface area contributed by atoms with Gasteiger partial charge in [0.1, 0.15) is 0 Å². The van der Waals surface area contributed by atoms with Crippen LogP contribution in [-0.4, -0.2) is 47.7 Å². The molecule has 6 heteroatoms. The Morgan fingerprint density at radius 3 is 2.68 bits per heavy atom. The van der Waals surface area contributed by atoms with E-state index in [4.69, 9.17) is 23.2 Å². The summed E-state index contributed by atoms with van der Waals surface area (Å²) in [4.78, 5) is 16.7. The second kappa shape index (κ2) is 6.36. The van der Waals surface area contributed by atoms with Crippen molar-refractivity contribution in [2.24, 2.45) is 5.92 Å². The molecule has 3 rings (SSSR count). The molecule has 1 aromatic carbocycles. The normalized spacial score (nSPS) is 30.1. The number of hydrogen-bond acceptors (Lipinski definition) is 3. The fourth-order valence-corrected chi connectivity index (χ4v) is 3.90. The minimum Gasteiger partial charge on any atom is -0.393 e. The molecular formula is C16H20Cl2N2O2. The lowest BCUT2D eigenvalue weighted by Crippen LogP contribution is -2.49. The van der Waals surface area contributed by atoms with Crippen LogP contribution in [0, 0.1) is 5.92 Å². The van der Waals surface area contributed by atoms with Crippen molar-refractivity contribution in [2.45, 2.75) is 31.9 Å². The van der Waals surface area contributed by atoms with Gasteiger partial charge in [-0.05, 0) is 37.0 Å². The van der Waals surface area contributed by atoms with Gasteiger partial charge in [-0.25, -0.2) is 0 Å². The van der Waals surface area contributed by atoms with E-state index >= 15 is 0 Å². The Labute approximate surface area is 140 Å². The molecule has 120 valence electrons. The third-order valence-corrected chi connectivity index (χ3v) is 5.25. The number of rotatable bonds is 2. The molecule has 2 aliphatic heterocycles. The molecule has 2 fully saturated rings.